The van der Waals surface area contributed by atoms with Gasteiger partial charge in [0.05, 0.1) is 6.10 Å². The van der Waals surface area contributed by atoms with Crippen molar-refractivity contribution in [1.82, 2.24) is 0 Å². The second-order valence-corrected chi connectivity index (χ2v) is 4.85. The summed E-state index contributed by atoms with van der Waals surface area (Å²) in [5, 5.41) is 9.58. The summed E-state index contributed by atoms with van der Waals surface area (Å²) in [5.41, 5.74) is 0. The van der Waals surface area contributed by atoms with Crippen LogP contribution in [0, 0.1) is 3.57 Å². The van der Waals surface area contributed by atoms with Gasteiger partial charge in [-0.15, -0.1) is 0 Å². The Kier molecular flexibility index (Phi) is 3.28. The number of benzene rings is 1. The van der Waals surface area contributed by atoms with E-state index >= 15 is 0 Å². The molecule has 1 aliphatic carbocycles. The molecular formula is C11H13IO2. The molecule has 2 nitrogen and oxygen atoms in total. The molecule has 14 heavy (non-hydrogen) atoms. The highest BCUT2D eigenvalue weighted by atomic mass is 127. The zero-order valence-electron chi connectivity index (χ0n) is 7.82. The van der Waals surface area contributed by atoms with Crippen LogP contribution in [0.4, 0.5) is 0 Å². The zero-order chi connectivity index (χ0) is 9.97. The number of ether oxygens (including phenoxy) is 1. The first kappa shape index (κ1) is 10.2. The molecule has 1 aliphatic rings. The highest BCUT2D eigenvalue weighted by molar-refractivity contribution is 14.1. The quantitative estimate of drug-likeness (QED) is 0.851. The van der Waals surface area contributed by atoms with Crippen molar-refractivity contribution in [2.75, 3.05) is 0 Å². The Bertz CT molecular complexity index is 297. The van der Waals surface area contributed by atoms with E-state index in [0.717, 1.165) is 25.0 Å². The van der Waals surface area contributed by atoms with E-state index in [1.807, 2.05) is 24.3 Å². The molecule has 2 rings (SSSR count). The highest BCUT2D eigenvalue weighted by Gasteiger charge is 2.26. The maximum atomic E-state index is 9.58. The minimum Gasteiger partial charge on any atom is -0.488 e. The van der Waals surface area contributed by atoms with Crippen molar-refractivity contribution in [3.05, 3.63) is 27.8 Å². The summed E-state index contributed by atoms with van der Waals surface area (Å²) in [6.45, 7) is 0. The molecule has 1 fully saturated rings. The van der Waals surface area contributed by atoms with Crippen LogP contribution in [0.2, 0.25) is 0 Å². The third kappa shape index (κ3) is 2.39. The van der Waals surface area contributed by atoms with Gasteiger partial charge in [-0.25, -0.2) is 0 Å². The summed E-state index contributed by atoms with van der Waals surface area (Å²) in [7, 11) is 0. The van der Waals surface area contributed by atoms with Gasteiger partial charge in [0, 0.05) is 3.57 Å². The predicted octanol–water partition coefficient (Wildman–Crippen LogP) is 2.58. The molecule has 0 amide bonds. The van der Waals surface area contributed by atoms with Gasteiger partial charge < -0.3 is 9.84 Å². The maximum Gasteiger partial charge on any atom is 0.124 e. The van der Waals surface area contributed by atoms with E-state index in [2.05, 4.69) is 22.6 Å². The Hall–Kier alpha value is -0.290. The largest absolute Gasteiger partial charge is 0.488 e. The first-order valence-corrected chi connectivity index (χ1v) is 5.94. The minimum atomic E-state index is -0.283. The van der Waals surface area contributed by atoms with Gasteiger partial charge in [0.2, 0.25) is 0 Å². The lowest BCUT2D eigenvalue weighted by molar-refractivity contribution is 0.0604. The first-order valence-electron chi connectivity index (χ1n) is 4.86. The number of halogens is 1. The Balaban J connectivity index is 2.00. The van der Waals surface area contributed by atoms with Gasteiger partial charge in [-0.2, -0.15) is 0 Å². The smallest absolute Gasteiger partial charge is 0.124 e. The minimum absolute atomic E-state index is 0.00457. The van der Waals surface area contributed by atoms with Crippen LogP contribution in [0.1, 0.15) is 19.3 Å². The van der Waals surface area contributed by atoms with E-state index in [4.69, 9.17) is 4.74 Å². The first-order chi connectivity index (χ1) is 6.75. The normalized spacial score (nSPS) is 26.4. The van der Waals surface area contributed by atoms with E-state index < -0.39 is 0 Å². The van der Waals surface area contributed by atoms with Crippen LogP contribution in [0.25, 0.3) is 0 Å². The fraction of sp³-hybridized carbons (Fsp3) is 0.455. The molecule has 0 radical (unpaired) electrons. The van der Waals surface area contributed by atoms with E-state index in [1.165, 1.54) is 3.57 Å². The molecule has 2 unspecified atom stereocenters. The Labute approximate surface area is 97.4 Å². The Morgan fingerprint density at radius 2 is 1.93 bits per heavy atom. The van der Waals surface area contributed by atoms with Gasteiger partial charge >= 0.3 is 0 Å². The maximum absolute atomic E-state index is 9.58. The van der Waals surface area contributed by atoms with Gasteiger partial charge in [0.1, 0.15) is 11.9 Å². The van der Waals surface area contributed by atoms with Crippen molar-refractivity contribution >= 4 is 22.6 Å². The summed E-state index contributed by atoms with van der Waals surface area (Å²) < 4.78 is 6.89. The number of hydrogen-bond acceptors (Lipinski definition) is 2. The average Bonchev–Trinajstić information content (AvgIpc) is 2.56. The number of hydrogen-bond donors (Lipinski definition) is 1. The van der Waals surface area contributed by atoms with E-state index in [1.54, 1.807) is 0 Å². The third-order valence-electron chi connectivity index (χ3n) is 2.52. The van der Waals surface area contributed by atoms with Crippen molar-refractivity contribution in [2.24, 2.45) is 0 Å². The van der Waals surface area contributed by atoms with Gasteiger partial charge in [0.15, 0.2) is 0 Å². The molecular weight excluding hydrogens is 291 g/mol. The second-order valence-electron chi connectivity index (χ2n) is 3.61. The fourth-order valence-electron chi connectivity index (χ4n) is 1.73. The highest BCUT2D eigenvalue weighted by Crippen LogP contribution is 2.24. The van der Waals surface area contributed by atoms with Crippen LogP contribution in [0.15, 0.2) is 24.3 Å². The zero-order valence-corrected chi connectivity index (χ0v) is 9.98. The fourth-order valence-corrected chi connectivity index (χ4v) is 2.09. The monoisotopic (exact) mass is 304 g/mol. The van der Waals surface area contributed by atoms with Crippen LogP contribution in [0.5, 0.6) is 5.75 Å². The summed E-state index contributed by atoms with van der Waals surface area (Å²) in [6, 6.07) is 7.92. The van der Waals surface area contributed by atoms with E-state index in [9.17, 15) is 5.11 Å². The summed E-state index contributed by atoms with van der Waals surface area (Å²) in [6.07, 6.45) is 2.61. The van der Waals surface area contributed by atoms with Crippen molar-refractivity contribution in [3.63, 3.8) is 0 Å². The van der Waals surface area contributed by atoms with Gasteiger partial charge in [0.25, 0.3) is 0 Å². The number of aliphatic hydroxyl groups excluding tert-OH is 1. The van der Waals surface area contributed by atoms with Crippen molar-refractivity contribution in [2.45, 2.75) is 31.5 Å². The van der Waals surface area contributed by atoms with Crippen molar-refractivity contribution in [3.8, 4) is 5.75 Å². The van der Waals surface area contributed by atoms with Gasteiger partial charge in [-0.05, 0) is 66.1 Å². The molecule has 0 saturated heterocycles. The molecule has 2 atom stereocenters. The number of rotatable bonds is 2. The van der Waals surface area contributed by atoms with Gasteiger partial charge in [-0.1, -0.05) is 0 Å². The summed E-state index contributed by atoms with van der Waals surface area (Å²) >= 11 is 2.26. The second kappa shape index (κ2) is 4.49. The molecule has 1 aromatic rings. The van der Waals surface area contributed by atoms with Crippen LogP contribution < -0.4 is 4.74 Å². The molecule has 1 saturated carbocycles. The van der Waals surface area contributed by atoms with Crippen molar-refractivity contribution in [1.29, 1.82) is 0 Å². The predicted molar refractivity (Wildman–Crippen MR) is 63.4 cm³/mol. The van der Waals surface area contributed by atoms with Crippen LogP contribution in [-0.2, 0) is 0 Å². The van der Waals surface area contributed by atoms with E-state index in [0.29, 0.717) is 0 Å². The molecule has 0 heterocycles. The van der Waals surface area contributed by atoms with Crippen LogP contribution >= 0.6 is 22.6 Å². The number of aliphatic hydroxyl groups is 1. The van der Waals surface area contributed by atoms with Crippen LogP contribution in [0.3, 0.4) is 0 Å². The summed E-state index contributed by atoms with van der Waals surface area (Å²) in [5.74, 6) is 0.858. The molecule has 3 heteroatoms. The van der Waals surface area contributed by atoms with Crippen molar-refractivity contribution < 1.29 is 9.84 Å². The third-order valence-corrected chi connectivity index (χ3v) is 3.24. The standard InChI is InChI=1S/C11H13IO2/c12-8-4-6-9(7-5-8)14-11-3-1-2-10(11)13/h4-7,10-11,13H,1-3H2. The lowest BCUT2D eigenvalue weighted by atomic mass is 10.2. The molecule has 1 N–H and O–H groups in total. The molecule has 76 valence electrons. The lowest BCUT2D eigenvalue weighted by Gasteiger charge is -2.16. The lowest BCUT2D eigenvalue weighted by Crippen LogP contribution is -2.25. The molecule has 0 aliphatic heterocycles. The summed E-state index contributed by atoms with van der Waals surface area (Å²) in [4.78, 5) is 0. The molecule has 0 bridgehead atoms. The van der Waals surface area contributed by atoms with Crippen LogP contribution in [-0.4, -0.2) is 17.3 Å². The topological polar surface area (TPSA) is 29.5 Å². The SMILES string of the molecule is OC1CCCC1Oc1ccc(I)cc1. The molecule has 0 spiro atoms. The molecule has 0 aromatic heterocycles. The van der Waals surface area contributed by atoms with E-state index in [-0.39, 0.29) is 12.2 Å². The van der Waals surface area contributed by atoms with Gasteiger partial charge in [-0.3, -0.25) is 0 Å². The average molecular weight is 304 g/mol. The Morgan fingerprint density at radius 3 is 2.50 bits per heavy atom. The Morgan fingerprint density at radius 1 is 1.21 bits per heavy atom. The molecule has 1 aromatic carbocycles.